The van der Waals surface area contributed by atoms with Crippen LogP contribution >= 0.6 is 27.5 Å². The summed E-state index contributed by atoms with van der Waals surface area (Å²) in [6.07, 6.45) is 0. The fourth-order valence-corrected chi connectivity index (χ4v) is 2.24. The summed E-state index contributed by atoms with van der Waals surface area (Å²) in [4.78, 5) is 0. The summed E-state index contributed by atoms with van der Waals surface area (Å²) >= 11 is 9.51. The molecule has 5 heteroatoms. The zero-order chi connectivity index (χ0) is 14.4. The molecule has 0 saturated heterocycles. The Morgan fingerprint density at radius 3 is 2.75 bits per heavy atom. The molecule has 3 nitrogen and oxygen atoms in total. The van der Waals surface area contributed by atoms with Crippen molar-refractivity contribution in [2.24, 2.45) is 0 Å². The van der Waals surface area contributed by atoms with Crippen LogP contribution in [0.4, 0.5) is 5.69 Å². The molecule has 2 aromatic rings. The maximum absolute atomic E-state index is 6.10. The van der Waals surface area contributed by atoms with Crippen molar-refractivity contribution >= 4 is 33.2 Å². The van der Waals surface area contributed by atoms with E-state index in [2.05, 4.69) is 21.2 Å². The molecule has 0 aliphatic carbocycles. The van der Waals surface area contributed by atoms with Gasteiger partial charge in [-0.15, -0.1) is 0 Å². The Morgan fingerprint density at radius 1 is 1.15 bits per heavy atom. The second kappa shape index (κ2) is 7.41. The number of benzene rings is 2. The lowest BCUT2D eigenvalue weighted by molar-refractivity contribution is 0.332. The first-order valence-corrected chi connectivity index (χ1v) is 7.32. The van der Waals surface area contributed by atoms with Crippen LogP contribution in [-0.4, -0.2) is 20.3 Å². The molecule has 0 bridgehead atoms. The number of hydrogen-bond acceptors (Lipinski definition) is 3. The average Bonchev–Trinajstić information content (AvgIpc) is 2.45. The lowest BCUT2D eigenvalue weighted by Gasteiger charge is -2.11. The predicted molar refractivity (Wildman–Crippen MR) is 86.1 cm³/mol. The van der Waals surface area contributed by atoms with Gasteiger partial charge in [0.1, 0.15) is 18.1 Å². The van der Waals surface area contributed by atoms with E-state index in [-0.39, 0.29) is 0 Å². The molecule has 0 aliphatic rings. The number of halogens is 2. The van der Waals surface area contributed by atoms with Gasteiger partial charge in [0.15, 0.2) is 0 Å². The van der Waals surface area contributed by atoms with Crippen LogP contribution in [0.15, 0.2) is 46.9 Å². The van der Waals surface area contributed by atoms with Gasteiger partial charge < -0.3 is 14.8 Å². The number of ether oxygens (including phenoxy) is 2. The van der Waals surface area contributed by atoms with Gasteiger partial charge in [0.05, 0.1) is 17.8 Å². The van der Waals surface area contributed by atoms with E-state index in [0.717, 1.165) is 21.7 Å². The molecule has 20 heavy (non-hydrogen) atoms. The summed E-state index contributed by atoms with van der Waals surface area (Å²) < 4.78 is 11.8. The van der Waals surface area contributed by atoms with Crippen LogP contribution in [0.5, 0.6) is 11.5 Å². The molecule has 0 fully saturated rings. The first-order valence-electron chi connectivity index (χ1n) is 6.15. The number of rotatable bonds is 6. The fourth-order valence-electron chi connectivity index (χ4n) is 1.68. The molecule has 0 heterocycles. The maximum Gasteiger partial charge on any atom is 0.121 e. The van der Waals surface area contributed by atoms with Crippen LogP contribution in [-0.2, 0) is 0 Å². The van der Waals surface area contributed by atoms with E-state index in [4.69, 9.17) is 21.1 Å². The van der Waals surface area contributed by atoms with Gasteiger partial charge in [-0.3, -0.25) is 0 Å². The molecule has 0 unspecified atom stereocenters. The summed E-state index contributed by atoms with van der Waals surface area (Å²) in [5.41, 5.74) is 0.837. The first kappa shape index (κ1) is 15.0. The molecular weight excluding hydrogens is 342 g/mol. The normalized spacial score (nSPS) is 10.2. The van der Waals surface area contributed by atoms with Gasteiger partial charge in [-0.25, -0.2) is 0 Å². The topological polar surface area (TPSA) is 30.5 Å². The van der Waals surface area contributed by atoms with Crippen molar-refractivity contribution in [1.82, 2.24) is 0 Å². The zero-order valence-electron chi connectivity index (χ0n) is 11.0. The summed E-state index contributed by atoms with van der Waals surface area (Å²) in [7, 11) is 1.63. The van der Waals surface area contributed by atoms with Crippen molar-refractivity contribution in [1.29, 1.82) is 0 Å². The third kappa shape index (κ3) is 4.32. The van der Waals surface area contributed by atoms with Crippen molar-refractivity contribution < 1.29 is 9.47 Å². The van der Waals surface area contributed by atoms with E-state index in [1.165, 1.54) is 0 Å². The summed E-state index contributed by atoms with van der Waals surface area (Å²) in [5.74, 6) is 1.60. The van der Waals surface area contributed by atoms with E-state index in [0.29, 0.717) is 18.2 Å². The standard InChI is InChI=1S/C15H15BrClNO2/c1-19-12-5-6-14(17)15(10-12)18-7-8-20-13-4-2-3-11(16)9-13/h2-6,9-10,18H,7-8H2,1H3. The first-order chi connectivity index (χ1) is 9.69. The lowest BCUT2D eigenvalue weighted by atomic mass is 10.3. The van der Waals surface area contributed by atoms with Crippen molar-refractivity contribution in [3.63, 3.8) is 0 Å². The SMILES string of the molecule is COc1ccc(Cl)c(NCCOc2cccc(Br)c2)c1. The van der Waals surface area contributed by atoms with Gasteiger partial charge in [-0.2, -0.15) is 0 Å². The number of anilines is 1. The molecular formula is C15H15BrClNO2. The van der Waals surface area contributed by atoms with Crippen LogP contribution in [0.3, 0.4) is 0 Å². The Hall–Kier alpha value is -1.39. The molecule has 2 aromatic carbocycles. The molecule has 0 aliphatic heterocycles. The number of nitrogens with one attached hydrogen (secondary N) is 1. The molecule has 2 rings (SSSR count). The fraction of sp³-hybridized carbons (Fsp3) is 0.200. The third-order valence-corrected chi connectivity index (χ3v) is 3.48. The van der Waals surface area contributed by atoms with Gasteiger partial charge in [-0.1, -0.05) is 33.6 Å². The Kier molecular flexibility index (Phi) is 5.56. The summed E-state index contributed by atoms with van der Waals surface area (Å²) in [5, 5.41) is 3.88. The van der Waals surface area contributed by atoms with Crippen LogP contribution in [0.25, 0.3) is 0 Å². The summed E-state index contributed by atoms with van der Waals surface area (Å²) in [6.45, 7) is 1.20. The minimum absolute atomic E-state index is 0.546. The molecule has 0 amide bonds. The molecule has 0 aromatic heterocycles. The van der Waals surface area contributed by atoms with Gasteiger partial charge in [0, 0.05) is 17.1 Å². The van der Waals surface area contributed by atoms with Gasteiger partial charge in [-0.05, 0) is 30.3 Å². The molecule has 0 saturated carbocycles. The second-order valence-electron chi connectivity index (χ2n) is 4.08. The van der Waals surface area contributed by atoms with Gasteiger partial charge in [0.2, 0.25) is 0 Å². The molecule has 0 radical (unpaired) electrons. The molecule has 0 atom stereocenters. The van der Waals surface area contributed by atoms with E-state index >= 15 is 0 Å². The van der Waals surface area contributed by atoms with E-state index in [9.17, 15) is 0 Å². The number of methoxy groups -OCH3 is 1. The third-order valence-electron chi connectivity index (χ3n) is 2.66. The minimum atomic E-state index is 0.546. The number of hydrogen-bond donors (Lipinski definition) is 1. The largest absolute Gasteiger partial charge is 0.497 e. The Balaban J connectivity index is 1.84. The summed E-state index contributed by atoms with van der Waals surface area (Å²) in [6, 6.07) is 13.2. The van der Waals surface area contributed by atoms with Crippen molar-refractivity contribution in [2.75, 3.05) is 25.6 Å². The van der Waals surface area contributed by atoms with E-state index in [1.54, 1.807) is 13.2 Å². The lowest BCUT2D eigenvalue weighted by Crippen LogP contribution is -2.11. The highest BCUT2D eigenvalue weighted by atomic mass is 79.9. The highest BCUT2D eigenvalue weighted by Crippen LogP contribution is 2.26. The highest BCUT2D eigenvalue weighted by Gasteiger charge is 2.02. The zero-order valence-corrected chi connectivity index (χ0v) is 13.4. The van der Waals surface area contributed by atoms with E-state index < -0.39 is 0 Å². The van der Waals surface area contributed by atoms with Crippen molar-refractivity contribution in [3.05, 3.63) is 52.0 Å². The van der Waals surface area contributed by atoms with Gasteiger partial charge >= 0.3 is 0 Å². The molecule has 106 valence electrons. The highest BCUT2D eigenvalue weighted by molar-refractivity contribution is 9.10. The van der Waals surface area contributed by atoms with Crippen LogP contribution in [0, 0.1) is 0 Å². The Morgan fingerprint density at radius 2 is 2.00 bits per heavy atom. The molecule has 0 spiro atoms. The van der Waals surface area contributed by atoms with Crippen molar-refractivity contribution in [3.8, 4) is 11.5 Å². The van der Waals surface area contributed by atoms with E-state index in [1.807, 2.05) is 36.4 Å². The minimum Gasteiger partial charge on any atom is -0.497 e. The maximum atomic E-state index is 6.10. The van der Waals surface area contributed by atoms with Crippen LogP contribution < -0.4 is 14.8 Å². The smallest absolute Gasteiger partial charge is 0.121 e. The van der Waals surface area contributed by atoms with Crippen molar-refractivity contribution in [2.45, 2.75) is 0 Å². The quantitative estimate of drug-likeness (QED) is 0.767. The van der Waals surface area contributed by atoms with Crippen LogP contribution in [0.2, 0.25) is 5.02 Å². The van der Waals surface area contributed by atoms with Crippen LogP contribution in [0.1, 0.15) is 0 Å². The monoisotopic (exact) mass is 355 g/mol. The Bertz CT molecular complexity index is 578. The Labute approximate surface area is 132 Å². The second-order valence-corrected chi connectivity index (χ2v) is 5.40. The average molecular weight is 357 g/mol. The molecule has 1 N–H and O–H groups in total. The van der Waals surface area contributed by atoms with Gasteiger partial charge in [0.25, 0.3) is 0 Å². The predicted octanol–water partition coefficient (Wildman–Crippen LogP) is 4.60.